The molecule has 2 aromatic rings. The van der Waals surface area contributed by atoms with Crippen LogP contribution < -0.4 is 10.6 Å². The van der Waals surface area contributed by atoms with Crippen LogP contribution in [-0.4, -0.2) is 34.2 Å². The third kappa shape index (κ3) is 5.21. The van der Waals surface area contributed by atoms with Gasteiger partial charge in [-0.2, -0.15) is 4.98 Å². The van der Waals surface area contributed by atoms with E-state index in [0.29, 0.717) is 18.3 Å². The van der Waals surface area contributed by atoms with Crippen molar-refractivity contribution < 1.29 is 4.52 Å². The normalized spacial score (nSPS) is 11.4. The summed E-state index contributed by atoms with van der Waals surface area (Å²) in [5.41, 5.74) is 1.05. The van der Waals surface area contributed by atoms with Crippen LogP contribution in [0, 0.1) is 6.92 Å². The predicted octanol–water partition coefficient (Wildman–Crippen LogP) is 1.07. The van der Waals surface area contributed by atoms with Gasteiger partial charge in [-0.25, -0.2) is 4.99 Å². The van der Waals surface area contributed by atoms with Gasteiger partial charge >= 0.3 is 0 Å². The van der Waals surface area contributed by atoms with Crippen LogP contribution in [0.5, 0.6) is 0 Å². The van der Waals surface area contributed by atoms with Crippen molar-refractivity contribution in [3.05, 3.63) is 41.8 Å². The molecule has 7 nitrogen and oxygen atoms in total. The van der Waals surface area contributed by atoms with Crippen LogP contribution in [0.3, 0.4) is 0 Å². The zero-order valence-electron chi connectivity index (χ0n) is 12.3. The lowest BCUT2D eigenvalue weighted by Crippen LogP contribution is -2.38. The molecule has 21 heavy (non-hydrogen) atoms. The minimum absolute atomic E-state index is 0.361. The molecule has 0 spiro atoms. The highest BCUT2D eigenvalue weighted by molar-refractivity contribution is 5.79. The molecule has 2 aromatic heterocycles. The zero-order valence-corrected chi connectivity index (χ0v) is 12.3. The average molecular weight is 288 g/mol. The first kappa shape index (κ1) is 15.0. The van der Waals surface area contributed by atoms with Gasteiger partial charge in [0.25, 0.3) is 0 Å². The van der Waals surface area contributed by atoms with E-state index in [9.17, 15) is 0 Å². The van der Waals surface area contributed by atoms with Crippen LogP contribution in [0.2, 0.25) is 0 Å². The van der Waals surface area contributed by atoms with Crippen molar-refractivity contribution >= 4 is 5.96 Å². The topological polar surface area (TPSA) is 88.2 Å². The second-order valence-electron chi connectivity index (χ2n) is 4.43. The highest BCUT2D eigenvalue weighted by Crippen LogP contribution is 1.97. The summed E-state index contributed by atoms with van der Waals surface area (Å²) in [5.74, 6) is 1.85. The molecule has 0 amide bonds. The van der Waals surface area contributed by atoms with Gasteiger partial charge in [0.1, 0.15) is 6.54 Å². The Kier molecular flexibility index (Phi) is 5.69. The lowest BCUT2D eigenvalue weighted by molar-refractivity contribution is 0.376. The quantitative estimate of drug-likeness (QED) is 0.610. The number of rotatable bonds is 6. The fourth-order valence-corrected chi connectivity index (χ4v) is 1.75. The van der Waals surface area contributed by atoms with Crippen molar-refractivity contribution in [3.63, 3.8) is 0 Å². The van der Waals surface area contributed by atoms with E-state index in [4.69, 9.17) is 4.52 Å². The summed E-state index contributed by atoms with van der Waals surface area (Å²) in [5, 5.41) is 10.2. The maximum absolute atomic E-state index is 5.03. The Balaban J connectivity index is 1.83. The van der Waals surface area contributed by atoms with Gasteiger partial charge in [0.05, 0.1) is 0 Å². The number of aliphatic imine (C=N–C) groups is 1. The van der Waals surface area contributed by atoms with Crippen molar-refractivity contribution in [2.24, 2.45) is 4.99 Å². The first-order valence-electron chi connectivity index (χ1n) is 6.99. The van der Waals surface area contributed by atoms with Gasteiger partial charge in [0.15, 0.2) is 11.8 Å². The monoisotopic (exact) mass is 288 g/mol. The molecule has 0 saturated heterocycles. The van der Waals surface area contributed by atoms with Crippen LogP contribution >= 0.6 is 0 Å². The SMILES string of the molecule is CCNC(=NCc1nc(C)no1)NCCc1ccccn1. The molecule has 0 saturated carbocycles. The maximum atomic E-state index is 5.03. The smallest absolute Gasteiger partial charge is 0.248 e. The van der Waals surface area contributed by atoms with Crippen molar-refractivity contribution in [1.82, 2.24) is 25.8 Å². The van der Waals surface area contributed by atoms with Crippen LogP contribution in [0.25, 0.3) is 0 Å². The Morgan fingerprint density at radius 1 is 1.33 bits per heavy atom. The average Bonchev–Trinajstić information content (AvgIpc) is 2.91. The summed E-state index contributed by atoms with van der Waals surface area (Å²) in [7, 11) is 0. The van der Waals surface area contributed by atoms with Crippen molar-refractivity contribution in [2.75, 3.05) is 13.1 Å². The van der Waals surface area contributed by atoms with Gasteiger partial charge in [0, 0.05) is 31.4 Å². The number of pyridine rings is 1. The van der Waals surface area contributed by atoms with E-state index in [0.717, 1.165) is 31.2 Å². The molecule has 0 fully saturated rings. The fraction of sp³-hybridized carbons (Fsp3) is 0.429. The number of nitrogens with one attached hydrogen (secondary N) is 2. The second kappa shape index (κ2) is 7.98. The van der Waals surface area contributed by atoms with Crippen LogP contribution in [0.15, 0.2) is 33.9 Å². The number of aryl methyl sites for hydroxylation is 1. The van der Waals surface area contributed by atoms with E-state index >= 15 is 0 Å². The summed E-state index contributed by atoms with van der Waals surface area (Å²) in [6.07, 6.45) is 2.64. The minimum Gasteiger partial charge on any atom is -0.357 e. The third-order valence-electron chi connectivity index (χ3n) is 2.69. The van der Waals surface area contributed by atoms with Gasteiger partial charge in [-0.3, -0.25) is 4.98 Å². The number of nitrogens with zero attached hydrogens (tertiary/aromatic N) is 4. The van der Waals surface area contributed by atoms with E-state index in [2.05, 4.69) is 30.8 Å². The molecule has 0 atom stereocenters. The van der Waals surface area contributed by atoms with Gasteiger partial charge in [-0.05, 0) is 26.0 Å². The van der Waals surface area contributed by atoms with Gasteiger partial charge in [-0.15, -0.1) is 0 Å². The molecular weight excluding hydrogens is 268 g/mol. The van der Waals surface area contributed by atoms with E-state index in [-0.39, 0.29) is 0 Å². The fourth-order valence-electron chi connectivity index (χ4n) is 1.75. The summed E-state index contributed by atoms with van der Waals surface area (Å²) >= 11 is 0. The van der Waals surface area contributed by atoms with Crippen LogP contribution in [-0.2, 0) is 13.0 Å². The Bertz CT molecular complexity index is 566. The highest BCUT2D eigenvalue weighted by atomic mass is 16.5. The Morgan fingerprint density at radius 3 is 2.90 bits per heavy atom. The summed E-state index contributed by atoms with van der Waals surface area (Å²) in [6, 6.07) is 5.90. The number of aromatic nitrogens is 3. The number of hydrogen-bond donors (Lipinski definition) is 2. The molecule has 112 valence electrons. The molecular formula is C14H20N6O. The Labute approximate surface area is 123 Å². The van der Waals surface area contributed by atoms with Crippen LogP contribution in [0.4, 0.5) is 0 Å². The third-order valence-corrected chi connectivity index (χ3v) is 2.69. The first-order chi connectivity index (χ1) is 10.3. The Morgan fingerprint density at radius 2 is 2.24 bits per heavy atom. The summed E-state index contributed by atoms with van der Waals surface area (Å²) < 4.78 is 5.03. The highest BCUT2D eigenvalue weighted by Gasteiger charge is 2.03. The molecule has 7 heteroatoms. The van der Waals surface area contributed by atoms with Crippen molar-refractivity contribution in [3.8, 4) is 0 Å². The second-order valence-corrected chi connectivity index (χ2v) is 4.43. The number of guanidine groups is 1. The van der Waals surface area contributed by atoms with E-state index in [1.807, 2.05) is 25.1 Å². The first-order valence-corrected chi connectivity index (χ1v) is 6.99. The van der Waals surface area contributed by atoms with Gasteiger partial charge in [-0.1, -0.05) is 11.2 Å². The van der Waals surface area contributed by atoms with Gasteiger partial charge in [0.2, 0.25) is 5.89 Å². The lowest BCUT2D eigenvalue weighted by Gasteiger charge is -2.10. The molecule has 0 bridgehead atoms. The van der Waals surface area contributed by atoms with E-state index < -0.39 is 0 Å². The van der Waals surface area contributed by atoms with Gasteiger partial charge < -0.3 is 15.2 Å². The number of hydrogen-bond acceptors (Lipinski definition) is 5. The molecule has 0 aromatic carbocycles. The minimum atomic E-state index is 0.361. The molecule has 0 aliphatic heterocycles. The molecule has 2 heterocycles. The molecule has 0 aliphatic rings. The largest absolute Gasteiger partial charge is 0.357 e. The standard InChI is InChI=1S/C14H20N6O/c1-3-15-14(18-10-13-19-11(2)20-21-13)17-9-7-12-6-4-5-8-16-12/h4-6,8H,3,7,9-10H2,1-2H3,(H2,15,17,18). The Hall–Kier alpha value is -2.44. The van der Waals surface area contributed by atoms with Crippen molar-refractivity contribution in [1.29, 1.82) is 0 Å². The molecule has 0 radical (unpaired) electrons. The zero-order chi connectivity index (χ0) is 14.9. The summed E-state index contributed by atoms with van der Waals surface area (Å²) in [4.78, 5) is 12.8. The molecule has 2 N–H and O–H groups in total. The lowest BCUT2D eigenvalue weighted by atomic mass is 10.3. The maximum Gasteiger partial charge on any atom is 0.248 e. The predicted molar refractivity (Wildman–Crippen MR) is 79.8 cm³/mol. The molecule has 0 unspecified atom stereocenters. The molecule has 0 aliphatic carbocycles. The molecule has 2 rings (SSSR count). The van der Waals surface area contributed by atoms with E-state index in [1.54, 1.807) is 13.1 Å². The summed E-state index contributed by atoms with van der Waals surface area (Å²) in [6.45, 7) is 5.71. The van der Waals surface area contributed by atoms with E-state index in [1.165, 1.54) is 0 Å². The van der Waals surface area contributed by atoms with Crippen molar-refractivity contribution in [2.45, 2.75) is 26.8 Å². The van der Waals surface area contributed by atoms with Crippen LogP contribution in [0.1, 0.15) is 24.3 Å².